The summed E-state index contributed by atoms with van der Waals surface area (Å²) in [4.78, 5) is 15.7. The minimum absolute atomic E-state index is 0.276. The van der Waals surface area contributed by atoms with Gasteiger partial charge < -0.3 is 10.4 Å². The molecule has 0 aliphatic carbocycles. The normalized spacial score (nSPS) is 13.5. The highest BCUT2D eigenvalue weighted by atomic mass is 19.1. The fourth-order valence-corrected chi connectivity index (χ4v) is 2.86. The number of amides is 1. The van der Waals surface area contributed by atoms with E-state index in [1.807, 2.05) is 36.4 Å². The number of carbonyl (C=O) groups is 1. The van der Waals surface area contributed by atoms with Gasteiger partial charge in [0, 0.05) is 13.0 Å². The zero-order chi connectivity index (χ0) is 21.4. The van der Waals surface area contributed by atoms with Crippen LogP contribution in [0.2, 0.25) is 0 Å². The standard InChI is InChI=1S/C22H29FN4O2/c1-15(2)22(29)26-20(12-23)21(28)19-10-8-18(9-11-19)17-6-4-16(5-7-17)13-27(24)14-25-3/h4-11,14-15,20-21,28H,12-13,24H2,1-3H3,(H,26,29). The fraction of sp³-hybridized carbons (Fsp3) is 0.364. The van der Waals surface area contributed by atoms with E-state index in [4.69, 9.17) is 5.84 Å². The maximum absolute atomic E-state index is 13.3. The summed E-state index contributed by atoms with van der Waals surface area (Å²) in [7, 11) is 1.66. The van der Waals surface area contributed by atoms with Crippen LogP contribution in [-0.2, 0) is 11.3 Å². The molecule has 0 aromatic heterocycles. The molecule has 156 valence electrons. The maximum atomic E-state index is 13.3. The van der Waals surface area contributed by atoms with Gasteiger partial charge in [0.1, 0.15) is 12.8 Å². The van der Waals surface area contributed by atoms with Crippen LogP contribution >= 0.6 is 0 Å². The van der Waals surface area contributed by atoms with E-state index in [0.717, 1.165) is 16.7 Å². The number of aliphatic imine (C=N–C) groups is 1. The first-order chi connectivity index (χ1) is 13.8. The molecule has 0 aliphatic heterocycles. The van der Waals surface area contributed by atoms with Gasteiger partial charge in [0.2, 0.25) is 5.91 Å². The van der Waals surface area contributed by atoms with E-state index in [9.17, 15) is 14.3 Å². The molecule has 7 heteroatoms. The lowest BCUT2D eigenvalue weighted by Gasteiger charge is -2.23. The van der Waals surface area contributed by atoms with Gasteiger partial charge >= 0.3 is 0 Å². The van der Waals surface area contributed by atoms with Crippen LogP contribution in [0.25, 0.3) is 11.1 Å². The molecule has 1 amide bonds. The molecule has 2 unspecified atom stereocenters. The number of alkyl halides is 1. The van der Waals surface area contributed by atoms with Crippen LogP contribution in [0.3, 0.4) is 0 Å². The van der Waals surface area contributed by atoms with Crippen LogP contribution < -0.4 is 11.2 Å². The fourth-order valence-electron chi connectivity index (χ4n) is 2.86. The summed E-state index contributed by atoms with van der Waals surface area (Å²) in [5.41, 5.74) is 3.58. The minimum Gasteiger partial charge on any atom is -0.386 e. The summed E-state index contributed by atoms with van der Waals surface area (Å²) >= 11 is 0. The number of aliphatic hydroxyl groups excluding tert-OH is 1. The first kappa shape index (κ1) is 22.5. The van der Waals surface area contributed by atoms with Crippen molar-refractivity contribution >= 4 is 12.2 Å². The van der Waals surface area contributed by atoms with Crippen molar-refractivity contribution in [3.63, 3.8) is 0 Å². The monoisotopic (exact) mass is 400 g/mol. The van der Waals surface area contributed by atoms with Crippen LogP contribution in [0, 0.1) is 5.92 Å². The van der Waals surface area contributed by atoms with Gasteiger partial charge in [0.25, 0.3) is 0 Å². The van der Waals surface area contributed by atoms with E-state index >= 15 is 0 Å². The third kappa shape index (κ3) is 6.37. The smallest absolute Gasteiger partial charge is 0.222 e. The quantitative estimate of drug-likeness (QED) is 0.261. The number of carbonyl (C=O) groups excluding carboxylic acids is 1. The van der Waals surface area contributed by atoms with Crippen molar-refractivity contribution in [1.82, 2.24) is 10.3 Å². The third-order valence-corrected chi connectivity index (χ3v) is 4.57. The van der Waals surface area contributed by atoms with Crippen molar-refractivity contribution in [2.45, 2.75) is 32.5 Å². The second-order valence-electron chi connectivity index (χ2n) is 7.23. The molecular formula is C22H29FN4O2. The van der Waals surface area contributed by atoms with E-state index < -0.39 is 18.8 Å². The average Bonchev–Trinajstić information content (AvgIpc) is 2.72. The highest BCUT2D eigenvalue weighted by Crippen LogP contribution is 2.24. The molecule has 2 rings (SSSR count). The summed E-state index contributed by atoms with van der Waals surface area (Å²) in [5, 5.41) is 14.5. The number of aliphatic hydroxyl groups is 1. The van der Waals surface area contributed by atoms with E-state index in [-0.39, 0.29) is 11.8 Å². The Kier molecular flexibility index (Phi) is 8.30. The number of benzene rings is 2. The molecule has 0 aliphatic rings. The third-order valence-electron chi connectivity index (χ3n) is 4.57. The molecule has 0 spiro atoms. The van der Waals surface area contributed by atoms with Gasteiger partial charge in [-0.25, -0.2) is 10.2 Å². The van der Waals surface area contributed by atoms with E-state index in [1.165, 1.54) is 5.01 Å². The molecule has 6 nitrogen and oxygen atoms in total. The topological polar surface area (TPSA) is 90.9 Å². The van der Waals surface area contributed by atoms with E-state index in [1.54, 1.807) is 39.4 Å². The summed E-state index contributed by atoms with van der Waals surface area (Å²) < 4.78 is 13.3. The Labute approximate surface area is 171 Å². The van der Waals surface area contributed by atoms with Crippen LogP contribution in [-0.4, -0.2) is 42.1 Å². The molecule has 0 fully saturated rings. The first-order valence-electron chi connectivity index (χ1n) is 9.53. The van der Waals surface area contributed by atoms with E-state index in [2.05, 4.69) is 10.3 Å². The van der Waals surface area contributed by atoms with Crippen molar-refractivity contribution in [3.05, 3.63) is 59.7 Å². The van der Waals surface area contributed by atoms with Gasteiger partial charge in [0.15, 0.2) is 0 Å². The maximum Gasteiger partial charge on any atom is 0.222 e. The number of nitrogens with one attached hydrogen (secondary N) is 1. The second-order valence-corrected chi connectivity index (χ2v) is 7.23. The lowest BCUT2D eigenvalue weighted by molar-refractivity contribution is -0.125. The molecule has 2 atom stereocenters. The molecule has 0 heterocycles. The Hall–Kier alpha value is -2.77. The lowest BCUT2D eigenvalue weighted by Crippen LogP contribution is -2.42. The number of hydrogen-bond acceptors (Lipinski definition) is 4. The molecule has 2 aromatic carbocycles. The molecule has 29 heavy (non-hydrogen) atoms. The van der Waals surface area contributed by atoms with Crippen molar-refractivity contribution in [1.29, 1.82) is 0 Å². The second kappa shape index (κ2) is 10.7. The lowest BCUT2D eigenvalue weighted by atomic mass is 9.98. The average molecular weight is 400 g/mol. The van der Waals surface area contributed by atoms with Crippen molar-refractivity contribution in [2.24, 2.45) is 16.8 Å². The molecule has 0 saturated heterocycles. The molecule has 4 N–H and O–H groups in total. The van der Waals surface area contributed by atoms with Crippen LogP contribution in [0.4, 0.5) is 4.39 Å². The SMILES string of the molecule is CN=CN(N)Cc1ccc(-c2ccc(C(O)C(CF)NC(=O)C(C)C)cc2)cc1. The molecule has 0 bridgehead atoms. The zero-order valence-corrected chi connectivity index (χ0v) is 17.0. The van der Waals surface area contributed by atoms with Gasteiger partial charge in [-0.1, -0.05) is 62.4 Å². The van der Waals surface area contributed by atoms with Crippen molar-refractivity contribution < 1.29 is 14.3 Å². The Morgan fingerprint density at radius 2 is 1.72 bits per heavy atom. The number of nitrogens with two attached hydrogens (primary N) is 1. The predicted octanol–water partition coefficient (Wildman–Crippen LogP) is 2.83. The van der Waals surface area contributed by atoms with Gasteiger partial charge in [0.05, 0.1) is 18.9 Å². The van der Waals surface area contributed by atoms with Crippen LogP contribution in [0.15, 0.2) is 53.5 Å². The van der Waals surface area contributed by atoms with Crippen LogP contribution in [0.5, 0.6) is 0 Å². The Morgan fingerprint density at radius 3 is 2.21 bits per heavy atom. The first-order valence-corrected chi connectivity index (χ1v) is 9.53. The Bertz CT molecular complexity index is 807. The summed E-state index contributed by atoms with van der Waals surface area (Å²) in [6.07, 6.45) is 0.446. The number of halogens is 1. The highest BCUT2D eigenvalue weighted by molar-refractivity contribution is 5.78. The molecule has 2 aromatic rings. The van der Waals surface area contributed by atoms with Crippen LogP contribution in [0.1, 0.15) is 31.1 Å². The number of hydrogen-bond donors (Lipinski definition) is 3. The largest absolute Gasteiger partial charge is 0.386 e. The summed E-state index contributed by atoms with van der Waals surface area (Å²) in [6, 6.07) is 14.2. The Balaban J connectivity index is 2.08. The molecular weight excluding hydrogens is 371 g/mol. The van der Waals surface area contributed by atoms with Crippen molar-refractivity contribution in [2.75, 3.05) is 13.7 Å². The number of hydrazine groups is 1. The zero-order valence-electron chi connectivity index (χ0n) is 17.0. The number of nitrogens with zero attached hydrogens (tertiary/aromatic N) is 2. The summed E-state index contributed by atoms with van der Waals surface area (Å²) in [6.45, 7) is 3.15. The minimum atomic E-state index is -1.12. The van der Waals surface area contributed by atoms with E-state index in [0.29, 0.717) is 12.1 Å². The van der Waals surface area contributed by atoms with Gasteiger partial charge in [-0.3, -0.25) is 14.8 Å². The molecule has 0 radical (unpaired) electrons. The summed E-state index contributed by atoms with van der Waals surface area (Å²) in [5.74, 6) is 5.24. The van der Waals surface area contributed by atoms with Gasteiger partial charge in [-0.2, -0.15) is 0 Å². The highest BCUT2D eigenvalue weighted by Gasteiger charge is 2.23. The predicted molar refractivity (Wildman–Crippen MR) is 114 cm³/mol. The van der Waals surface area contributed by atoms with Gasteiger partial charge in [-0.15, -0.1) is 0 Å². The van der Waals surface area contributed by atoms with Gasteiger partial charge in [-0.05, 0) is 22.3 Å². The number of rotatable bonds is 9. The Morgan fingerprint density at radius 1 is 1.17 bits per heavy atom. The molecule has 0 saturated carbocycles. The van der Waals surface area contributed by atoms with Crippen molar-refractivity contribution in [3.8, 4) is 11.1 Å².